The molecule has 3 aliphatic heterocycles. The van der Waals surface area contributed by atoms with E-state index in [9.17, 15) is 9.90 Å². The zero-order valence-corrected chi connectivity index (χ0v) is 29.4. The van der Waals surface area contributed by atoms with Crippen molar-refractivity contribution in [3.05, 3.63) is 0 Å². The molecule has 8 fully saturated rings. The highest BCUT2D eigenvalue weighted by Gasteiger charge is 2.84. The minimum Gasteiger partial charge on any atom is -0.390 e. The number of ether oxygens (including phenoxy) is 4. The van der Waals surface area contributed by atoms with Crippen molar-refractivity contribution in [2.75, 3.05) is 32.9 Å². The number of fused-ring (bicyclic) bond motifs is 4. The first-order valence-corrected chi connectivity index (χ1v) is 18.6. The van der Waals surface area contributed by atoms with E-state index in [1.807, 2.05) is 20.8 Å². The quantitative estimate of drug-likeness (QED) is 0.419. The van der Waals surface area contributed by atoms with Crippen LogP contribution in [0.1, 0.15) is 107 Å². The van der Waals surface area contributed by atoms with E-state index in [2.05, 4.69) is 39.5 Å². The highest BCUT2D eigenvalue weighted by atomic mass is 16.7. The summed E-state index contributed by atoms with van der Waals surface area (Å²) in [4.78, 5) is 15.9. The normalized spacial score (nSPS) is 54.1. The maximum atomic E-state index is 13.4. The molecule has 0 aromatic rings. The summed E-state index contributed by atoms with van der Waals surface area (Å²) in [5, 5.41) is 12.5. The van der Waals surface area contributed by atoms with Gasteiger partial charge in [-0.3, -0.25) is 9.69 Å². The van der Waals surface area contributed by atoms with Crippen molar-refractivity contribution in [2.24, 2.45) is 56.2 Å². The lowest BCUT2D eigenvalue weighted by molar-refractivity contribution is -0.256. The third-order valence-electron chi connectivity index (χ3n) is 16.3. The van der Waals surface area contributed by atoms with Crippen LogP contribution >= 0.6 is 0 Å². The van der Waals surface area contributed by atoms with Gasteiger partial charge in [0.1, 0.15) is 6.10 Å². The number of rotatable bonds is 4. The predicted molar refractivity (Wildman–Crippen MR) is 171 cm³/mol. The third-order valence-corrected chi connectivity index (χ3v) is 16.3. The fourth-order valence-electron chi connectivity index (χ4n) is 13.8. The maximum absolute atomic E-state index is 13.4. The van der Waals surface area contributed by atoms with Crippen LogP contribution in [-0.2, 0) is 23.7 Å². The van der Waals surface area contributed by atoms with Crippen LogP contribution in [0.4, 0.5) is 0 Å². The first kappa shape index (κ1) is 31.7. The number of ketones is 1. The lowest BCUT2D eigenvalue weighted by Crippen LogP contribution is -2.60. The van der Waals surface area contributed by atoms with Gasteiger partial charge in [-0.15, -0.1) is 0 Å². The van der Waals surface area contributed by atoms with Gasteiger partial charge in [0.05, 0.1) is 50.7 Å². The minimum absolute atomic E-state index is 0.0181. The molecule has 7 nitrogen and oxygen atoms in total. The summed E-state index contributed by atoms with van der Waals surface area (Å²) in [6, 6.07) is 0.524. The van der Waals surface area contributed by atoms with Crippen molar-refractivity contribution in [2.45, 2.75) is 144 Å². The van der Waals surface area contributed by atoms with E-state index in [4.69, 9.17) is 18.9 Å². The first-order valence-electron chi connectivity index (χ1n) is 18.6. The van der Waals surface area contributed by atoms with Gasteiger partial charge < -0.3 is 24.1 Å². The standard InChI is InChI=1S/C38H61NO6/c1-22-17-24(31(40)33(2,3)4)44-30-29(22)35(7)13-14-38-21-37(38)12-11-27(45-28-18-39(15-16-43-28)23-19-42-20-23)34(5,6)25(37)9-10-26(38)36(35,8)32(30)41/h22-30,32,41H,9-21H2,1-8H3/t22-,24?,25+,26+,27+,28+,29?,30?,32+,35-,36-,37?,38?/m1/s1. The molecule has 0 aromatic heterocycles. The lowest BCUT2D eigenvalue weighted by Gasteiger charge is -2.64. The number of aliphatic hydroxyl groups is 1. The maximum Gasteiger partial charge on any atom is 0.170 e. The van der Waals surface area contributed by atoms with Crippen LogP contribution in [0.3, 0.4) is 0 Å². The van der Waals surface area contributed by atoms with Crippen LogP contribution in [0.25, 0.3) is 0 Å². The van der Waals surface area contributed by atoms with E-state index in [-0.39, 0.29) is 40.5 Å². The third kappa shape index (κ3) is 4.06. The molecular formula is C38H61NO6. The van der Waals surface area contributed by atoms with Crippen molar-refractivity contribution in [1.82, 2.24) is 4.90 Å². The Bertz CT molecular complexity index is 1210. The van der Waals surface area contributed by atoms with Gasteiger partial charge in [0, 0.05) is 17.4 Å². The molecule has 0 bridgehead atoms. The Hall–Kier alpha value is -0.570. The molecule has 1 N–H and O–H groups in total. The number of aliphatic hydroxyl groups excluding tert-OH is 1. The fraction of sp³-hybridized carbons (Fsp3) is 0.974. The molecule has 254 valence electrons. The van der Waals surface area contributed by atoms with Crippen LogP contribution < -0.4 is 0 Å². The molecule has 3 heterocycles. The highest BCUT2D eigenvalue weighted by Crippen LogP contribution is 2.89. The zero-order valence-electron chi connectivity index (χ0n) is 29.4. The van der Waals surface area contributed by atoms with E-state index >= 15 is 0 Å². The van der Waals surface area contributed by atoms with Crippen LogP contribution in [0.15, 0.2) is 0 Å². The first-order chi connectivity index (χ1) is 21.1. The van der Waals surface area contributed by atoms with Gasteiger partial charge in [0.25, 0.3) is 0 Å². The smallest absolute Gasteiger partial charge is 0.170 e. The molecule has 0 aromatic carbocycles. The van der Waals surface area contributed by atoms with Crippen molar-refractivity contribution in [1.29, 1.82) is 0 Å². The Morgan fingerprint density at radius 1 is 0.978 bits per heavy atom. The Kier molecular flexibility index (Phi) is 7.04. The van der Waals surface area contributed by atoms with E-state index in [0.29, 0.717) is 40.5 Å². The van der Waals surface area contributed by atoms with Gasteiger partial charge in [0.2, 0.25) is 0 Å². The molecule has 8 rings (SSSR count). The molecule has 5 saturated carbocycles. The van der Waals surface area contributed by atoms with Gasteiger partial charge in [-0.05, 0) is 96.7 Å². The van der Waals surface area contributed by atoms with Crippen LogP contribution in [0.5, 0.6) is 0 Å². The summed E-state index contributed by atoms with van der Waals surface area (Å²) in [5.41, 5.74) is 0.132. The van der Waals surface area contributed by atoms with Gasteiger partial charge in [-0.25, -0.2) is 0 Å². The molecule has 5 unspecified atom stereocenters. The van der Waals surface area contributed by atoms with Crippen LogP contribution in [0, 0.1) is 56.2 Å². The van der Waals surface area contributed by atoms with Gasteiger partial charge in [0.15, 0.2) is 12.1 Å². The van der Waals surface area contributed by atoms with E-state index < -0.39 is 17.6 Å². The molecule has 8 aliphatic rings. The molecule has 7 heteroatoms. The number of nitrogens with zero attached hydrogens (tertiary/aromatic N) is 1. The van der Waals surface area contributed by atoms with Gasteiger partial charge in [-0.2, -0.15) is 0 Å². The van der Waals surface area contributed by atoms with Crippen molar-refractivity contribution in [3.8, 4) is 0 Å². The number of morpholine rings is 1. The molecule has 3 saturated heterocycles. The largest absolute Gasteiger partial charge is 0.390 e. The number of carbonyl (C=O) groups excluding carboxylic acids is 1. The lowest BCUT2D eigenvalue weighted by atomic mass is 9.41. The van der Waals surface area contributed by atoms with E-state index in [1.165, 1.54) is 32.1 Å². The number of Topliss-reactive ketones (excluding diaryl/α,β-unsaturated/α-hetero) is 1. The van der Waals surface area contributed by atoms with Crippen LogP contribution in [0.2, 0.25) is 0 Å². The summed E-state index contributed by atoms with van der Waals surface area (Å²) in [6.45, 7) is 22.5. The predicted octanol–water partition coefficient (Wildman–Crippen LogP) is 5.86. The Labute approximate surface area is 271 Å². The summed E-state index contributed by atoms with van der Waals surface area (Å²) >= 11 is 0. The second-order valence-corrected chi connectivity index (χ2v) is 19.2. The molecule has 0 amide bonds. The molecule has 0 radical (unpaired) electrons. The molecule has 2 spiro atoms. The Morgan fingerprint density at radius 3 is 2.38 bits per heavy atom. The summed E-state index contributed by atoms with van der Waals surface area (Å²) < 4.78 is 25.3. The topological polar surface area (TPSA) is 77.5 Å². The monoisotopic (exact) mass is 627 g/mol. The van der Waals surface area contributed by atoms with Gasteiger partial charge >= 0.3 is 0 Å². The molecular weight excluding hydrogens is 566 g/mol. The van der Waals surface area contributed by atoms with Crippen molar-refractivity contribution >= 4 is 5.78 Å². The summed E-state index contributed by atoms with van der Waals surface area (Å²) in [5.74, 6) is 1.99. The van der Waals surface area contributed by atoms with Crippen LogP contribution in [-0.4, -0.2) is 85.4 Å². The average molecular weight is 628 g/mol. The van der Waals surface area contributed by atoms with E-state index in [1.54, 1.807) is 0 Å². The van der Waals surface area contributed by atoms with Crippen molar-refractivity contribution < 1.29 is 28.8 Å². The summed E-state index contributed by atoms with van der Waals surface area (Å²) in [6.07, 6.45) is 8.15. The SMILES string of the molecule is C[C@@H]1CC(C(=O)C(C)(C)C)OC2C1[C@@]1(C)CCC34CC35CC[C@H](O[C@H]3CN(C6COC6)CCO3)C(C)(C)[C@@H]5CC[C@H]4[C@]1(C)[C@H]2O. The van der Waals surface area contributed by atoms with Crippen molar-refractivity contribution in [3.63, 3.8) is 0 Å². The fourth-order valence-corrected chi connectivity index (χ4v) is 13.8. The second kappa shape index (κ2) is 10.00. The molecule has 45 heavy (non-hydrogen) atoms. The number of hydrogen-bond acceptors (Lipinski definition) is 7. The Morgan fingerprint density at radius 2 is 1.69 bits per heavy atom. The second-order valence-electron chi connectivity index (χ2n) is 19.2. The average Bonchev–Trinajstić information content (AvgIpc) is 3.57. The van der Waals surface area contributed by atoms with E-state index in [0.717, 1.165) is 52.2 Å². The van der Waals surface area contributed by atoms with Gasteiger partial charge in [-0.1, -0.05) is 55.4 Å². The zero-order chi connectivity index (χ0) is 31.9. The molecule has 13 atom stereocenters. The Balaban J connectivity index is 1.03. The minimum atomic E-state index is -0.526. The molecule has 5 aliphatic carbocycles. The number of carbonyl (C=O) groups is 1. The summed E-state index contributed by atoms with van der Waals surface area (Å²) in [7, 11) is 0. The highest BCUT2D eigenvalue weighted by molar-refractivity contribution is 5.88. The number of hydrogen-bond donors (Lipinski definition) is 1.